The van der Waals surface area contributed by atoms with E-state index >= 15 is 0 Å². The van der Waals surface area contributed by atoms with Crippen molar-refractivity contribution in [3.05, 3.63) is 0 Å². The molecule has 1 aliphatic carbocycles. The van der Waals surface area contributed by atoms with Gasteiger partial charge in [0.25, 0.3) is 0 Å². The molecule has 0 amide bonds. The molecule has 0 heterocycles. The van der Waals surface area contributed by atoms with Crippen LogP contribution in [0.5, 0.6) is 0 Å². The molecule has 1 aliphatic rings. The fourth-order valence-electron chi connectivity index (χ4n) is 3.23. The highest BCUT2D eigenvalue weighted by molar-refractivity contribution is 4.81. The predicted molar refractivity (Wildman–Crippen MR) is 85.6 cm³/mol. The average Bonchev–Trinajstić information content (AvgIpc) is 2.53. The zero-order chi connectivity index (χ0) is 14.3. The van der Waals surface area contributed by atoms with Crippen LogP contribution in [0.2, 0.25) is 0 Å². The van der Waals surface area contributed by atoms with Crippen molar-refractivity contribution in [1.82, 2.24) is 10.2 Å². The molecule has 1 saturated carbocycles. The lowest BCUT2D eigenvalue weighted by Gasteiger charge is -2.29. The molecule has 0 radical (unpaired) electrons. The Hall–Kier alpha value is -0.0800. The Kier molecular flexibility index (Phi) is 7.38. The average molecular weight is 268 g/mol. The van der Waals surface area contributed by atoms with Crippen LogP contribution in [0.4, 0.5) is 0 Å². The van der Waals surface area contributed by atoms with Gasteiger partial charge >= 0.3 is 0 Å². The van der Waals surface area contributed by atoms with Gasteiger partial charge in [0.2, 0.25) is 0 Å². The highest BCUT2D eigenvalue weighted by Gasteiger charge is 2.27. The van der Waals surface area contributed by atoms with Crippen molar-refractivity contribution in [3.63, 3.8) is 0 Å². The normalized spacial score (nSPS) is 25.6. The molecule has 2 heteroatoms. The van der Waals surface area contributed by atoms with Crippen LogP contribution in [-0.4, -0.2) is 38.1 Å². The summed E-state index contributed by atoms with van der Waals surface area (Å²) in [5, 5.41) is 3.79. The topological polar surface area (TPSA) is 15.3 Å². The number of hydrogen-bond acceptors (Lipinski definition) is 2. The fraction of sp³-hybridized carbons (Fsp3) is 1.00. The highest BCUT2D eigenvalue weighted by Crippen LogP contribution is 2.36. The molecule has 0 aliphatic heterocycles. The summed E-state index contributed by atoms with van der Waals surface area (Å²) < 4.78 is 0. The van der Waals surface area contributed by atoms with Gasteiger partial charge in [-0.25, -0.2) is 0 Å². The van der Waals surface area contributed by atoms with Crippen molar-refractivity contribution >= 4 is 0 Å². The van der Waals surface area contributed by atoms with Crippen molar-refractivity contribution < 1.29 is 0 Å². The SMILES string of the molecule is CN(C)CCCCNC1CCCC(C(C)(C)C)CC1. The van der Waals surface area contributed by atoms with Gasteiger partial charge in [0.15, 0.2) is 0 Å². The zero-order valence-corrected chi connectivity index (χ0v) is 14.0. The Bertz CT molecular complexity index is 230. The van der Waals surface area contributed by atoms with Crippen LogP contribution in [0.1, 0.15) is 65.7 Å². The number of hydrogen-bond donors (Lipinski definition) is 1. The molecule has 1 rings (SSSR count). The van der Waals surface area contributed by atoms with Gasteiger partial charge in [-0.3, -0.25) is 0 Å². The van der Waals surface area contributed by atoms with Crippen LogP contribution in [0, 0.1) is 11.3 Å². The van der Waals surface area contributed by atoms with Gasteiger partial charge in [-0.2, -0.15) is 0 Å². The lowest BCUT2D eigenvalue weighted by molar-refractivity contribution is 0.213. The van der Waals surface area contributed by atoms with E-state index in [2.05, 4.69) is 45.1 Å². The highest BCUT2D eigenvalue weighted by atomic mass is 15.0. The first kappa shape index (κ1) is 17.0. The number of unbranched alkanes of at least 4 members (excludes halogenated alkanes) is 1. The molecule has 0 bridgehead atoms. The van der Waals surface area contributed by atoms with E-state index in [0.717, 1.165) is 12.0 Å². The third kappa shape index (κ3) is 7.31. The molecule has 2 unspecified atom stereocenters. The molecule has 2 nitrogen and oxygen atoms in total. The molecule has 1 fully saturated rings. The maximum atomic E-state index is 3.79. The maximum Gasteiger partial charge on any atom is 0.00671 e. The van der Waals surface area contributed by atoms with Gasteiger partial charge in [0, 0.05) is 6.04 Å². The van der Waals surface area contributed by atoms with Crippen molar-refractivity contribution in [2.75, 3.05) is 27.2 Å². The van der Waals surface area contributed by atoms with Gasteiger partial charge < -0.3 is 10.2 Å². The van der Waals surface area contributed by atoms with E-state index in [-0.39, 0.29) is 0 Å². The van der Waals surface area contributed by atoms with E-state index in [1.54, 1.807) is 0 Å². The van der Waals surface area contributed by atoms with E-state index in [4.69, 9.17) is 0 Å². The first-order valence-electron chi connectivity index (χ1n) is 8.27. The molecule has 0 aromatic carbocycles. The van der Waals surface area contributed by atoms with E-state index in [1.807, 2.05) is 0 Å². The van der Waals surface area contributed by atoms with Crippen LogP contribution < -0.4 is 5.32 Å². The van der Waals surface area contributed by atoms with Crippen molar-refractivity contribution in [2.24, 2.45) is 11.3 Å². The standard InChI is InChI=1S/C17H36N2/c1-17(2,3)15-9-8-10-16(12-11-15)18-13-6-7-14-19(4)5/h15-16,18H,6-14H2,1-5H3. The second kappa shape index (κ2) is 8.26. The van der Waals surface area contributed by atoms with Gasteiger partial charge in [0.05, 0.1) is 0 Å². The van der Waals surface area contributed by atoms with Gasteiger partial charge in [-0.15, -0.1) is 0 Å². The molecular weight excluding hydrogens is 232 g/mol. The summed E-state index contributed by atoms with van der Waals surface area (Å²) in [6.45, 7) is 9.66. The third-order valence-electron chi connectivity index (χ3n) is 4.66. The minimum absolute atomic E-state index is 0.501. The van der Waals surface area contributed by atoms with Gasteiger partial charge in [-0.05, 0) is 77.0 Å². The van der Waals surface area contributed by atoms with E-state index in [9.17, 15) is 0 Å². The molecule has 0 aromatic heterocycles. The quantitative estimate of drug-likeness (QED) is 0.580. The summed E-state index contributed by atoms with van der Waals surface area (Å²) in [6.07, 6.45) is 9.67. The summed E-state index contributed by atoms with van der Waals surface area (Å²) in [7, 11) is 4.32. The lowest BCUT2D eigenvalue weighted by atomic mass is 9.76. The molecule has 19 heavy (non-hydrogen) atoms. The van der Waals surface area contributed by atoms with Gasteiger partial charge in [-0.1, -0.05) is 27.2 Å². The molecule has 114 valence electrons. The largest absolute Gasteiger partial charge is 0.314 e. The Balaban J connectivity index is 2.15. The van der Waals surface area contributed by atoms with Crippen LogP contribution >= 0.6 is 0 Å². The van der Waals surface area contributed by atoms with Crippen molar-refractivity contribution in [3.8, 4) is 0 Å². The van der Waals surface area contributed by atoms with Crippen molar-refractivity contribution in [2.45, 2.75) is 71.8 Å². The number of rotatable bonds is 6. The van der Waals surface area contributed by atoms with Crippen LogP contribution in [0.15, 0.2) is 0 Å². The second-order valence-electron chi connectivity index (χ2n) is 7.73. The molecule has 1 N–H and O–H groups in total. The van der Waals surface area contributed by atoms with Crippen LogP contribution in [0.25, 0.3) is 0 Å². The van der Waals surface area contributed by atoms with E-state index in [1.165, 1.54) is 58.0 Å². The molecular formula is C17H36N2. The minimum atomic E-state index is 0.501. The summed E-state index contributed by atoms with van der Waals surface area (Å²) in [5.74, 6) is 0.924. The third-order valence-corrected chi connectivity index (χ3v) is 4.66. The molecule has 0 spiro atoms. The lowest BCUT2D eigenvalue weighted by Crippen LogP contribution is -2.30. The van der Waals surface area contributed by atoms with E-state index < -0.39 is 0 Å². The van der Waals surface area contributed by atoms with Crippen LogP contribution in [0.3, 0.4) is 0 Å². The Labute approximate surface area is 121 Å². The number of nitrogens with one attached hydrogen (secondary N) is 1. The summed E-state index contributed by atoms with van der Waals surface area (Å²) in [4.78, 5) is 2.28. The maximum absolute atomic E-state index is 3.79. The second-order valence-corrected chi connectivity index (χ2v) is 7.73. The monoisotopic (exact) mass is 268 g/mol. The fourth-order valence-corrected chi connectivity index (χ4v) is 3.23. The van der Waals surface area contributed by atoms with E-state index in [0.29, 0.717) is 5.41 Å². The predicted octanol–water partition coefficient (Wildman–Crippen LogP) is 3.91. The minimum Gasteiger partial charge on any atom is -0.314 e. The Morgan fingerprint density at radius 1 is 1.00 bits per heavy atom. The van der Waals surface area contributed by atoms with Crippen LogP contribution in [-0.2, 0) is 0 Å². The zero-order valence-electron chi connectivity index (χ0n) is 14.0. The Morgan fingerprint density at radius 3 is 2.37 bits per heavy atom. The van der Waals surface area contributed by atoms with Gasteiger partial charge in [0.1, 0.15) is 0 Å². The summed E-state index contributed by atoms with van der Waals surface area (Å²) >= 11 is 0. The molecule has 2 atom stereocenters. The smallest absolute Gasteiger partial charge is 0.00671 e. The summed E-state index contributed by atoms with van der Waals surface area (Å²) in [5.41, 5.74) is 0.501. The van der Waals surface area contributed by atoms with Crippen molar-refractivity contribution in [1.29, 1.82) is 0 Å². The molecule has 0 aromatic rings. The first-order valence-corrected chi connectivity index (χ1v) is 8.27. The first-order chi connectivity index (χ1) is 8.89. The Morgan fingerprint density at radius 2 is 1.74 bits per heavy atom. The number of nitrogens with zero attached hydrogens (tertiary/aromatic N) is 1. The molecule has 0 saturated heterocycles. The summed E-state index contributed by atoms with van der Waals surface area (Å²) in [6, 6.07) is 0.784.